The van der Waals surface area contributed by atoms with Gasteiger partial charge < -0.3 is 5.32 Å². The average molecular weight is 312 g/mol. The van der Waals surface area contributed by atoms with Gasteiger partial charge in [0.2, 0.25) is 0 Å². The average Bonchev–Trinajstić information content (AvgIpc) is 2.85. The topological polar surface area (TPSA) is 37.8 Å². The van der Waals surface area contributed by atoms with Crippen LogP contribution >= 0.6 is 23.3 Å². The van der Waals surface area contributed by atoms with Crippen LogP contribution in [0.3, 0.4) is 0 Å². The van der Waals surface area contributed by atoms with Crippen LogP contribution in [-0.2, 0) is 6.54 Å². The van der Waals surface area contributed by atoms with Crippen LogP contribution in [0.15, 0.2) is 30.3 Å². The highest BCUT2D eigenvalue weighted by molar-refractivity contribution is 7.00. The lowest BCUT2D eigenvalue weighted by molar-refractivity contribution is 0.580. The van der Waals surface area contributed by atoms with Gasteiger partial charge in [-0.05, 0) is 29.8 Å². The van der Waals surface area contributed by atoms with Crippen molar-refractivity contribution in [1.82, 2.24) is 8.75 Å². The van der Waals surface area contributed by atoms with Crippen molar-refractivity contribution in [3.63, 3.8) is 0 Å². The van der Waals surface area contributed by atoms with Crippen molar-refractivity contribution >= 4 is 40.0 Å². The van der Waals surface area contributed by atoms with E-state index in [4.69, 9.17) is 11.6 Å². The monoisotopic (exact) mass is 311 g/mol. The zero-order valence-electron chi connectivity index (χ0n) is 10.0. The first-order chi connectivity index (χ1) is 9.63. The summed E-state index contributed by atoms with van der Waals surface area (Å²) in [6.45, 7) is 0.241. The summed E-state index contributed by atoms with van der Waals surface area (Å²) >= 11 is 7.20. The van der Waals surface area contributed by atoms with Gasteiger partial charge in [0.1, 0.15) is 22.7 Å². The fourth-order valence-electron chi connectivity index (χ4n) is 1.90. The molecule has 3 rings (SSSR count). The molecule has 0 saturated carbocycles. The summed E-state index contributed by atoms with van der Waals surface area (Å²) in [6.07, 6.45) is 0. The number of hydrogen-bond acceptors (Lipinski definition) is 4. The van der Waals surface area contributed by atoms with Crippen molar-refractivity contribution < 1.29 is 8.78 Å². The van der Waals surface area contributed by atoms with Crippen molar-refractivity contribution in [3.8, 4) is 0 Å². The molecule has 0 radical (unpaired) electrons. The van der Waals surface area contributed by atoms with Gasteiger partial charge in [-0.25, -0.2) is 8.78 Å². The number of anilines is 1. The lowest BCUT2D eigenvalue weighted by Gasteiger charge is -2.09. The maximum atomic E-state index is 13.1. The Hall–Kier alpha value is -1.79. The molecule has 0 amide bonds. The molecule has 3 nitrogen and oxygen atoms in total. The van der Waals surface area contributed by atoms with Crippen molar-refractivity contribution in [3.05, 3.63) is 52.6 Å². The van der Waals surface area contributed by atoms with E-state index in [2.05, 4.69) is 14.1 Å². The standard InChI is InChI=1S/C13H8ClF2N3S/c14-10-1-2-11-13(19-20-18-11)12(10)17-6-7-3-8(15)5-9(16)4-7/h1-5,17H,6H2. The lowest BCUT2D eigenvalue weighted by Crippen LogP contribution is -2.02. The predicted octanol–water partition coefficient (Wildman–Crippen LogP) is 4.24. The molecule has 2 aromatic carbocycles. The Kier molecular flexibility index (Phi) is 3.50. The first kappa shape index (κ1) is 13.2. The molecular formula is C13H8ClF2N3S. The first-order valence-electron chi connectivity index (χ1n) is 5.73. The molecule has 0 unspecified atom stereocenters. The summed E-state index contributed by atoms with van der Waals surface area (Å²) < 4.78 is 34.5. The van der Waals surface area contributed by atoms with Crippen LogP contribution in [0.1, 0.15) is 5.56 Å². The van der Waals surface area contributed by atoms with Gasteiger partial charge in [0, 0.05) is 12.6 Å². The predicted molar refractivity (Wildman–Crippen MR) is 76.1 cm³/mol. The first-order valence-corrected chi connectivity index (χ1v) is 6.84. The summed E-state index contributed by atoms with van der Waals surface area (Å²) in [7, 11) is 0. The number of hydrogen-bond donors (Lipinski definition) is 1. The molecule has 7 heteroatoms. The van der Waals surface area contributed by atoms with E-state index in [9.17, 15) is 8.78 Å². The number of benzene rings is 2. The zero-order valence-corrected chi connectivity index (χ0v) is 11.6. The quantitative estimate of drug-likeness (QED) is 0.786. The van der Waals surface area contributed by atoms with E-state index >= 15 is 0 Å². The Bertz CT molecular complexity index is 755. The third-order valence-corrected chi connectivity index (χ3v) is 3.63. The molecule has 1 N–H and O–H groups in total. The van der Waals surface area contributed by atoms with E-state index in [1.54, 1.807) is 12.1 Å². The Labute approximate surface area is 122 Å². The summed E-state index contributed by atoms with van der Waals surface area (Å²) in [5.41, 5.74) is 2.48. The van der Waals surface area contributed by atoms with Crippen molar-refractivity contribution in [2.75, 3.05) is 5.32 Å². The van der Waals surface area contributed by atoms with Crippen LogP contribution in [-0.4, -0.2) is 8.75 Å². The van der Waals surface area contributed by atoms with Crippen LogP contribution in [0.2, 0.25) is 5.02 Å². The highest BCUT2D eigenvalue weighted by Gasteiger charge is 2.10. The summed E-state index contributed by atoms with van der Waals surface area (Å²) in [5.74, 6) is -1.22. The maximum Gasteiger partial charge on any atom is 0.129 e. The molecule has 0 atom stereocenters. The second kappa shape index (κ2) is 5.30. The van der Waals surface area contributed by atoms with Gasteiger partial charge in [-0.3, -0.25) is 0 Å². The molecule has 0 spiro atoms. The van der Waals surface area contributed by atoms with Gasteiger partial charge in [-0.15, -0.1) is 0 Å². The van der Waals surface area contributed by atoms with Crippen LogP contribution in [0.25, 0.3) is 11.0 Å². The molecule has 1 aromatic heterocycles. The van der Waals surface area contributed by atoms with E-state index in [1.165, 1.54) is 12.1 Å². The number of rotatable bonds is 3. The minimum Gasteiger partial charge on any atom is -0.378 e. The Morgan fingerprint density at radius 1 is 1.10 bits per heavy atom. The van der Waals surface area contributed by atoms with Gasteiger partial charge in [0.25, 0.3) is 0 Å². The normalized spacial score (nSPS) is 10.9. The van der Waals surface area contributed by atoms with Crippen LogP contribution < -0.4 is 5.32 Å². The molecule has 0 fully saturated rings. The van der Waals surface area contributed by atoms with Gasteiger partial charge >= 0.3 is 0 Å². The van der Waals surface area contributed by atoms with E-state index in [0.29, 0.717) is 21.8 Å². The van der Waals surface area contributed by atoms with Gasteiger partial charge in [-0.2, -0.15) is 8.75 Å². The van der Waals surface area contributed by atoms with Crippen molar-refractivity contribution in [2.24, 2.45) is 0 Å². The number of fused-ring (bicyclic) bond motifs is 1. The fourth-order valence-corrected chi connectivity index (χ4v) is 2.66. The van der Waals surface area contributed by atoms with E-state index < -0.39 is 11.6 Å². The second-order valence-corrected chi connectivity index (χ2v) is 5.12. The van der Waals surface area contributed by atoms with Gasteiger partial charge in [-0.1, -0.05) is 11.6 Å². The lowest BCUT2D eigenvalue weighted by atomic mass is 10.2. The molecule has 20 heavy (non-hydrogen) atoms. The molecule has 0 saturated heterocycles. The molecule has 0 aliphatic carbocycles. The molecule has 0 bridgehead atoms. The summed E-state index contributed by atoms with van der Waals surface area (Å²) in [6, 6.07) is 6.85. The Morgan fingerprint density at radius 3 is 2.60 bits per heavy atom. The van der Waals surface area contributed by atoms with Crippen molar-refractivity contribution in [1.29, 1.82) is 0 Å². The molecule has 1 heterocycles. The van der Waals surface area contributed by atoms with Gasteiger partial charge in [0.15, 0.2) is 0 Å². The molecular weight excluding hydrogens is 304 g/mol. The van der Waals surface area contributed by atoms with E-state index in [1.807, 2.05) is 0 Å². The van der Waals surface area contributed by atoms with Gasteiger partial charge in [0.05, 0.1) is 22.4 Å². The number of aromatic nitrogens is 2. The Morgan fingerprint density at radius 2 is 1.85 bits per heavy atom. The van der Waals surface area contributed by atoms with E-state index in [-0.39, 0.29) is 6.54 Å². The van der Waals surface area contributed by atoms with Crippen LogP contribution in [0.5, 0.6) is 0 Å². The summed E-state index contributed by atoms with van der Waals surface area (Å²) in [4.78, 5) is 0. The number of halogens is 3. The Balaban J connectivity index is 1.90. The zero-order chi connectivity index (χ0) is 14.1. The molecule has 102 valence electrons. The fraction of sp³-hybridized carbons (Fsp3) is 0.0769. The highest BCUT2D eigenvalue weighted by Crippen LogP contribution is 2.30. The number of nitrogens with one attached hydrogen (secondary N) is 1. The minimum absolute atomic E-state index is 0.241. The third kappa shape index (κ3) is 2.57. The van der Waals surface area contributed by atoms with Crippen LogP contribution in [0.4, 0.5) is 14.5 Å². The maximum absolute atomic E-state index is 13.1. The van der Waals surface area contributed by atoms with E-state index in [0.717, 1.165) is 23.3 Å². The van der Waals surface area contributed by atoms with Crippen molar-refractivity contribution in [2.45, 2.75) is 6.54 Å². The third-order valence-electron chi connectivity index (χ3n) is 2.77. The molecule has 3 aromatic rings. The minimum atomic E-state index is -0.610. The molecule has 0 aliphatic rings. The SMILES string of the molecule is Fc1cc(F)cc(CNc2c(Cl)ccc3nsnc23)c1. The molecule has 0 aliphatic heterocycles. The highest BCUT2D eigenvalue weighted by atomic mass is 35.5. The number of nitrogens with zero attached hydrogens (tertiary/aromatic N) is 2. The second-order valence-electron chi connectivity index (χ2n) is 4.19. The van der Waals surface area contributed by atoms with Crippen LogP contribution in [0, 0.1) is 11.6 Å². The summed E-state index contributed by atoms with van der Waals surface area (Å²) in [5, 5.41) is 3.54. The largest absolute Gasteiger partial charge is 0.378 e. The smallest absolute Gasteiger partial charge is 0.129 e.